The van der Waals surface area contributed by atoms with Crippen LogP contribution in [0, 0.1) is 0 Å². The third-order valence-electron chi connectivity index (χ3n) is 1.12. The average molecular weight is 170 g/mol. The van der Waals surface area contributed by atoms with E-state index in [1.165, 1.54) is 19.9 Å². The summed E-state index contributed by atoms with van der Waals surface area (Å²) in [7, 11) is 0. The van der Waals surface area contributed by atoms with Crippen LogP contribution in [-0.4, -0.2) is 17.7 Å². The summed E-state index contributed by atoms with van der Waals surface area (Å²) in [6.45, 7) is 3.86. The Hall–Kier alpha value is -1.45. The molecule has 66 valence electrons. The summed E-state index contributed by atoms with van der Waals surface area (Å²) >= 11 is 0. The van der Waals surface area contributed by atoms with E-state index in [-0.39, 0.29) is 5.57 Å². The van der Waals surface area contributed by atoms with E-state index in [1.807, 2.05) is 0 Å². The Balaban J connectivity index is 4.46. The Bertz CT molecular complexity index is 250. The van der Waals surface area contributed by atoms with Crippen LogP contribution in [0.1, 0.15) is 20.8 Å². The number of Topliss-reactive ketones (excluding diaryl/α,β-unsaturated/α-hetero) is 1. The first-order chi connectivity index (χ1) is 5.49. The Labute approximate surface area is 70.2 Å². The highest BCUT2D eigenvalue weighted by molar-refractivity contribution is 6.17. The summed E-state index contributed by atoms with van der Waals surface area (Å²) in [6.07, 6.45) is 1.31. The van der Waals surface area contributed by atoms with Crippen LogP contribution in [0.25, 0.3) is 0 Å². The molecule has 4 nitrogen and oxygen atoms in total. The molecule has 4 heteroatoms. The third-order valence-corrected chi connectivity index (χ3v) is 1.12. The van der Waals surface area contributed by atoms with Gasteiger partial charge in [-0.2, -0.15) is 0 Å². The maximum absolute atomic E-state index is 10.9. The van der Waals surface area contributed by atoms with Crippen molar-refractivity contribution < 1.29 is 19.1 Å². The minimum Gasteiger partial charge on any atom is -0.390 e. The van der Waals surface area contributed by atoms with Crippen molar-refractivity contribution >= 4 is 17.7 Å². The van der Waals surface area contributed by atoms with Crippen LogP contribution in [0.2, 0.25) is 0 Å². The van der Waals surface area contributed by atoms with Crippen molar-refractivity contribution in [2.45, 2.75) is 20.8 Å². The molecule has 0 aliphatic heterocycles. The number of carbonyl (C=O) groups excluding carboxylic acids is 3. The molecule has 0 rings (SSSR count). The molecule has 0 spiro atoms. The minimum atomic E-state index is -0.891. The molecular weight excluding hydrogens is 160 g/mol. The Morgan fingerprint density at radius 3 is 1.92 bits per heavy atom. The largest absolute Gasteiger partial charge is 0.390 e. The maximum atomic E-state index is 10.9. The van der Waals surface area contributed by atoms with Crippen LogP contribution in [-0.2, 0) is 19.1 Å². The molecule has 0 aliphatic carbocycles. The number of allylic oxidation sites excluding steroid dienone is 1. The molecule has 12 heavy (non-hydrogen) atoms. The zero-order valence-corrected chi connectivity index (χ0v) is 7.21. The number of esters is 2. The molecule has 0 aliphatic rings. The fourth-order valence-corrected chi connectivity index (χ4v) is 0.650. The smallest absolute Gasteiger partial charge is 0.349 e. The second kappa shape index (κ2) is 4.43. The molecule has 0 aromatic heterocycles. The van der Waals surface area contributed by atoms with E-state index in [0.29, 0.717) is 0 Å². The highest BCUT2D eigenvalue weighted by atomic mass is 16.6. The molecule has 0 atom stereocenters. The number of rotatable bonds is 2. The van der Waals surface area contributed by atoms with E-state index in [4.69, 9.17) is 0 Å². The summed E-state index contributed by atoms with van der Waals surface area (Å²) < 4.78 is 4.20. The molecule has 0 saturated heterocycles. The van der Waals surface area contributed by atoms with Crippen molar-refractivity contribution in [3.8, 4) is 0 Å². The molecule has 0 bridgehead atoms. The molecule has 0 aromatic rings. The second-order valence-corrected chi connectivity index (χ2v) is 2.14. The molecule has 0 fully saturated rings. The van der Waals surface area contributed by atoms with Crippen LogP contribution in [0.4, 0.5) is 0 Å². The predicted octanol–water partition coefficient (Wildman–Crippen LogP) is 0.611. The van der Waals surface area contributed by atoms with E-state index < -0.39 is 17.7 Å². The van der Waals surface area contributed by atoms with Gasteiger partial charge in [0.05, 0.1) is 5.57 Å². The molecule has 0 amide bonds. The number of ether oxygens (including phenoxy) is 1. The van der Waals surface area contributed by atoms with Crippen molar-refractivity contribution in [3.63, 3.8) is 0 Å². The predicted molar refractivity (Wildman–Crippen MR) is 41.2 cm³/mol. The first kappa shape index (κ1) is 10.6. The van der Waals surface area contributed by atoms with E-state index in [2.05, 4.69) is 4.74 Å². The van der Waals surface area contributed by atoms with Crippen LogP contribution < -0.4 is 0 Å². The van der Waals surface area contributed by atoms with Gasteiger partial charge >= 0.3 is 11.9 Å². The van der Waals surface area contributed by atoms with Crippen molar-refractivity contribution in [2.24, 2.45) is 0 Å². The van der Waals surface area contributed by atoms with Crippen LogP contribution >= 0.6 is 0 Å². The number of hydrogen-bond acceptors (Lipinski definition) is 4. The van der Waals surface area contributed by atoms with Crippen molar-refractivity contribution in [2.75, 3.05) is 0 Å². The minimum absolute atomic E-state index is 0.106. The Kier molecular flexibility index (Phi) is 3.90. The van der Waals surface area contributed by atoms with Crippen LogP contribution in [0.15, 0.2) is 11.6 Å². The van der Waals surface area contributed by atoms with Gasteiger partial charge in [0.15, 0.2) is 5.78 Å². The van der Waals surface area contributed by atoms with Crippen LogP contribution in [0.5, 0.6) is 0 Å². The monoisotopic (exact) mass is 170 g/mol. The van der Waals surface area contributed by atoms with Gasteiger partial charge in [-0.05, 0) is 13.8 Å². The quantitative estimate of drug-likeness (QED) is 0.263. The van der Waals surface area contributed by atoms with E-state index >= 15 is 0 Å². The fourth-order valence-electron chi connectivity index (χ4n) is 0.650. The summed E-state index contributed by atoms with van der Waals surface area (Å²) in [4.78, 5) is 31.9. The first-order valence-electron chi connectivity index (χ1n) is 3.39. The van der Waals surface area contributed by atoms with Gasteiger partial charge in [0.25, 0.3) is 0 Å². The third kappa shape index (κ3) is 3.09. The lowest BCUT2D eigenvalue weighted by atomic mass is 10.2. The summed E-state index contributed by atoms with van der Waals surface area (Å²) in [5.74, 6) is -2.03. The second-order valence-electron chi connectivity index (χ2n) is 2.14. The number of ketones is 1. The van der Waals surface area contributed by atoms with Gasteiger partial charge in [0, 0.05) is 6.92 Å². The molecule has 0 aromatic carbocycles. The number of hydrogen-bond donors (Lipinski definition) is 0. The normalized spacial score (nSPS) is 10.8. The zero-order valence-electron chi connectivity index (χ0n) is 7.21. The van der Waals surface area contributed by atoms with E-state index in [0.717, 1.165) is 6.92 Å². The van der Waals surface area contributed by atoms with Gasteiger partial charge in [-0.1, -0.05) is 6.08 Å². The topological polar surface area (TPSA) is 60.4 Å². The van der Waals surface area contributed by atoms with Crippen molar-refractivity contribution in [1.29, 1.82) is 0 Å². The average Bonchev–Trinajstić information content (AvgIpc) is 1.85. The summed E-state index contributed by atoms with van der Waals surface area (Å²) in [5.41, 5.74) is -0.106. The van der Waals surface area contributed by atoms with Crippen molar-refractivity contribution in [1.82, 2.24) is 0 Å². The van der Waals surface area contributed by atoms with Gasteiger partial charge in [-0.15, -0.1) is 0 Å². The van der Waals surface area contributed by atoms with Gasteiger partial charge in [-0.3, -0.25) is 9.59 Å². The van der Waals surface area contributed by atoms with Gasteiger partial charge in [-0.25, -0.2) is 4.79 Å². The lowest BCUT2D eigenvalue weighted by Gasteiger charge is -1.99. The first-order valence-corrected chi connectivity index (χ1v) is 3.39. The molecular formula is C8H10O4. The molecule has 0 heterocycles. The van der Waals surface area contributed by atoms with E-state index in [1.54, 1.807) is 0 Å². The Morgan fingerprint density at radius 2 is 1.67 bits per heavy atom. The molecule has 0 radical (unpaired) electrons. The summed E-state index contributed by atoms with van der Waals surface area (Å²) in [5, 5.41) is 0. The molecule has 0 N–H and O–H groups in total. The lowest BCUT2D eigenvalue weighted by molar-refractivity contribution is -0.155. The maximum Gasteiger partial charge on any atom is 0.349 e. The highest BCUT2D eigenvalue weighted by Crippen LogP contribution is 1.99. The van der Waals surface area contributed by atoms with Crippen LogP contribution in [0.3, 0.4) is 0 Å². The molecule has 0 unspecified atom stereocenters. The van der Waals surface area contributed by atoms with Gasteiger partial charge in [0.2, 0.25) is 0 Å². The van der Waals surface area contributed by atoms with Gasteiger partial charge in [0.1, 0.15) is 0 Å². The Morgan fingerprint density at radius 1 is 1.17 bits per heavy atom. The highest BCUT2D eigenvalue weighted by Gasteiger charge is 2.15. The van der Waals surface area contributed by atoms with Crippen molar-refractivity contribution in [3.05, 3.63) is 11.6 Å². The standard InChI is InChI=1S/C8H10O4/c1-4-7(5(2)9)8(11)12-6(3)10/h4H,1-3H3. The van der Waals surface area contributed by atoms with E-state index in [9.17, 15) is 14.4 Å². The molecule has 0 saturated carbocycles. The summed E-state index contributed by atoms with van der Waals surface area (Å²) in [6, 6.07) is 0. The zero-order chi connectivity index (χ0) is 9.72. The SMILES string of the molecule is CC=C(C(C)=O)C(=O)OC(C)=O. The number of carbonyl (C=O) groups is 3. The lowest BCUT2D eigenvalue weighted by Crippen LogP contribution is -2.15. The fraction of sp³-hybridized carbons (Fsp3) is 0.375. The van der Waals surface area contributed by atoms with Gasteiger partial charge < -0.3 is 4.74 Å².